The van der Waals surface area contributed by atoms with Gasteiger partial charge in [0, 0.05) is 0 Å². The molecule has 0 aliphatic carbocycles. The molecule has 0 aromatic rings. The van der Waals surface area contributed by atoms with E-state index in [4.69, 9.17) is 0 Å². The van der Waals surface area contributed by atoms with E-state index < -0.39 is 12.1 Å². The molecule has 0 aromatic carbocycles. The Morgan fingerprint density at radius 2 is 2.15 bits per heavy atom. The molecule has 0 N–H and O–H groups in total. The van der Waals surface area contributed by atoms with Gasteiger partial charge in [-0.25, -0.2) is 4.79 Å². The zero-order valence-electron chi connectivity index (χ0n) is 7.55. The summed E-state index contributed by atoms with van der Waals surface area (Å²) in [5, 5.41) is 0. The van der Waals surface area contributed by atoms with Crippen molar-refractivity contribution in [2.45, 2.75) is 20.0 Å². The fourth-order valence-electron chi connectivity index (χ4n) is 0.523. The van der Waals surface area contributed by atoms with E-state index in [2.05, 4.69) is 9.47 Å². The Hall–Kier alpha value is -0.970. The number of carbonyl (C=O) groups is 1. The van der Waals surface area contributed by atoms with Crippen molar-refractivity contribution in [1.82, 2.24) is 0 Å². The predicted octanol–water partition coefficient (Wildman–Crippen LogP) is 1.74. The van der Waals surface area contributed by atoms with Gasteiger partial charge in [0.25, 0.3) is 0 Å². The fourth-order valence-corrected chi connectivity index (χ4v) is 0.523. The Kier molecular flexibility index (Phi) is 5.22. The van der Waals surface area contributed by atoms with Gasteiger partial charge in [0.1, 0.15) is 0 Å². The maximum absolute atomic E-state index is 12.6. The second-order valence-electron chi connectivity index (χ2n) is 2.12. The highest BCUT2D eigenvalue weighted by Crippen LogP contribution is 2.17. The van der Waals surface area contributed by atoms with E-state index in [1.54, 1.807) is 13.0 Å². The molecule has 0 spiro atoms. The lowest BCUT2D eigenvalue weighted by molar-refractivity contribution is -0.245. The zero-order valence-corrected chi connectivity index (χ0v) is 7.55. The third kappa shape index (κ3) is 4.57. The highest BCUT2D eigenvalue weighted by atomic mass is 19.3. The maximum Gasteiger partial charge on any atom is 0.456 e. The standard InChI is InChI=1S/C8H12F2O3/c1-3-5-6-13-8(9,10)7(11)12-4-2/h3,5H,4,6H2,1-2H3. The van der Waals surface area contributed by atoms with Crippen LogP contribution in [0.1, 0.15) is 13.8 Å². The van der Waals surface area contributed by atoms with Crippen molar-refractivity contribution < 1.29 is 23.0 Å². The largest absolute Gasteiger partial charge is 0.460 e. The average molecular weight is 194 g/mol. The van der Waals surface area contributed by atoms with Crippen molar-refractivity contribution in [3.05, 3.63) is 12.2 Å². The van der Waals surface area contributed by atoms with Crippen LogP contribution in [0.15, 0.2) is 12.2 Å². The Bertz CT molecular complexity index is 190. The van der Waals surface area contributed by atoms with Crippen molar-refractivity contribution in [2.75, 3.05) is 13.2 Å². The molecule has 5 heteroatoms. The molecule has 0 heterocycles. The smallest absolute Gasteiger partial charge is 0.456 e. The predicted molar refractivity (Wildman–Crippen MR) is 42.3 cm³/mol. The SMILES string of the molecule is CC=CCOC(F)(F)C(=O)OCC. The number of allylic oxidation sites excluding steroid dienone is 1. The fraction of sp³-hybridized carbons (Fsp3) is 0.625. The molecule has 0 rings (SSSR count). The Balaban J connectivity index is 3.97. The van der Waals surface area contributed by atoms with Crippen LogP contribution in [0.4, 0.5) is 8.78 Å². The number of rotatable bonds is 5. The molecule has 0 saturated carbocycles. The zero-order chi connectivity index (χ0) is 10.3. The Morgan fingerprint density at radius 3 is 2.62 bits per heavy atom. The van der Waals surface area contributed by atoms with Crippen molar-refractivity contribution >= 4 is 5.97 Å². The van der Waals surface area contributed by atoms with Crippen LogP contribution >= 0.6 is 0 Å². The Morgan fingerprint density at radius 1 is 1.54 bits per heavy atom. The third-order valence-electron chi connectivity index (χ3n) is 1.11. The summed E-state index contributed by atoms with van der Waals surface area (Å²) in [4.78, 5) is 10.5. The van der Waals surface area contributed by atoms with Crippen LogP contribution in [-0.4, -0.2) is 25.3 Å². The molecule has 13 heavy (non-hydrogen) atoms. The van der Waals surface area contributed by atoms with Gasteiger partial charge in [-0.15, -0.1) is 0 Å². The normalized spacial score (nSPS) is 12.0. The van der Waals surface area contributed by atoms with E-state index in [9.17, 15) is 13.6 Å². The molecule has 0 aliphatic rings. The number of carbonyl (C=O) groups excluding carboxylic acids is 1. The van der Waals surface area contributed by atoms with Gasteiger partial charge in [0.2, 0.25) is 0 Å². The lowest BCUT2D eigenvalue weighted by Gasteiger charge is -2.13. The summed E-state index contributed by atoms with van der Waals surface area (Å²) in [5.74, 6) is -1.65. The first-order chi connectivity index (χ1) is 6.04. The van der Waals surface area contributed by atoms with Crippen LogP contribution < -0.4 is 0 Å². The van der Waals surface area contributed by atoms with Gasteiger partial charge in [0.05, 0.1) is 13.2 Å². The van der Waals surface area contributed by atoms with Gasteiger partial charge < -0.3 is 9.47 Å². The lowest BCUT2D eigenvalue weighted by atomic mass is 10.5. The highest BCUT2D eigenvalue weighted by molar-refractivity contribution is 5.75. The number of esters is 1. The summed E-state index contributed by atoms with van der Waals surface area (Å²) in [6.07, 6.45) is -0.941. The summed E-state index contributed by atoms with van der Waals surface area (Å²) in [7, 11) is 0. The Labute approximate surface area is 75.3 Å². The molecule has 3 nitrogen and oxygen atoms in total. The van der Waals surface area contributed by atoms with Crippen LogP contribution in [0.25, 0.3) is 0 Å². The molecule has 0 atom stereocenters. The summed E-state index contributed by atoms with van der Waals surface area (Å²) in [6.45, 7) is 2.69. The third-order valence-corrected chi connectivity index (χ3v) is 1.11. The van der Waals surface area contributed by atoms with Crippen LogP contribution in [0, 0.1) is 0 Å². The number of hydrogen-bond donors (Lipinski definition) is 0. The van der Waals surface area contributed by atoms with Gasteiger partial charge >= 0.3 is 12.1 Å². The van der Waals surface area contributed by atoms with E-state index in [-0.39, 0.29) is 13.2 Å². The number of hydrogen-bond acceptors (Lipinski definition) is 3. The number of alkyl halides is 2. The van der Waals surface area contributed by atoms with Crippen LogP contribution in [0.2, 0.25) is 0 Å². The van der Waals surface area contributed by atoms with Gasteiger partial charge in [-0.3, -0.25) is 0 Å². The van der Waals surface area contributed by atoms with E-state index in [1.165, 1.54) is 13.0 Å². The first-order valence-electron chi connectivity index (χ1n) is 3.84. The first-order valence-corrected chi connectivity index (χ1v) is 3.84. The van der Waals surface area contributed by atoms with Gasteiger partial charge in [-0.05, 0) is 13.8 Å². The van der Waals surface area contributed by atoms with Crippen molar-refractivity contribution in [1.29, 1.82) is 0 Å². The molecule has 76 valence electrons. The molecule has 0 aliphatic heterocycles. The summed E-state index contributed by atoms with van der Waals surface area (Å²) >= 11 is 0. The second-order valence-corrected chi connectivity index (χ2v) is 2.12. The van der Waals surface area contributed by atoms with Crippen LogP contribution in [0.5, 0.6) is 0 Å². The molecule has 0 aromatic heterocycles. The van der Waals surface area contributed by atoms with E-state index in [1.807, 2.05) is 0 Å². The van der Waals surface area contributed by atoms with E-state index in [0.717, 1.165) is 0 Å². The minimum absolute atomic E-state index is 0.0958. The van der Waals surface area contributed by atoms with Crippen molar-refractivity contribution in [3.8, 4) is 0 Å². The van der Waals surface area contributed by atoms with Crippen LogP contribution in [-0.2, 0) is 14.3 Å². The molecule has 0 unspecified atom stereocenters. The average Bonchev–Trinajstić information content (AvgIpc) is 2.05. The van der Waals surface area contributed by atoms with Gasteiger partial charge in [0.15, 0.2) is 0 Å². The highest BCUT2D eigenvalue weighted by Gasteiger charge is 2.41. The lowest BCUT2D eigenvalue weighted by Crippen LogP contribution is -2.33. The minimum Gasteiger partial charge on any atom is -0.460 e. The summed E-state index contributed by atoms with van der Waals surface area (Å²) in [5.41, 5.74) is 0. The first kappa shape index (κ1) is 12.0. The molecule has 0 bridgehead atoms. The van der Waals surface area contributed by atoms with Gasteiger partial charge in [-0.1, -0.05) is 12.2 Å². The summed E-state index contributed by atoms with van der Waals surface area (Å²) < 4.78 is 33.3. The molecule has 0 amide bonds. The minimum atomic E-state index is -3.85. The molecular weight excluding hydrogens is 182 g/mol. The second kappa shape index (κ2) is 5.64. The van der Waals surface area contributed by atoms with Crippen LogP contribution in [0.3, 0.4) is 0 Å². The molecule has 0 fully saturated rings. The van der Waals surface area contributed by atoms with E-state index >= 15 is 0 Å². The maximum atomic E-state index is 12.6. The molecule has 0 saturated heterocycles. The number of ether oxygens (including phenoxy) is 2. The topological polar surface area (TPSA) is 35.5 Å². The summed E-state index contributed by atoms with van der Waals surface area (Å²) in [6, 6.07) is 0. The molecule has 0 radical (unpaired) electrons. The quantitative estimate of drug-likeness (QED) is 0.494. The van der Waals surface area contributed by atoms with Gasteiger partial charge in [-0.2, -0.15) is 8.78 Å². The molecular formula is C8H12F2O3. The van der Waals surface area contributed by atoms with Crippen molar-refractivity contribution in [3.63, 3.8) is 0 Å². The van der Waals surface area contributed by atoms with Crippen molar-refractivity contribution in [2.24, 2.45) is 0 Å². The number of halogens is 2. The van der Waals surface area contributed by atoms with E-state index in [0.29, 0.717) is 0 Å². The monoisotopic (exact) mass is 194 g/mol.